The van der Waals surface area contributed by atoms with E-state index in [0.717, 1.165) is 91.6 Å². The summed E-state index contributed by atoms with van der Waals surface area (Å²) in [6, 6.07) is 7.06. The van der Waals surface area contributed by atoms with E-state index in [-0.39, 0.29) is 6.10 Å². The monoisotopic (exact) mass is 560 g/mol. The van der Waals surface area contributed by atoms with Gasteiger partial charge in [-0.05, 0) is 62.8 Å². The van der Waals surface area contributed by atoms with E-state index in [2.05, 4.69) is 57.2 Å². The molecule has 10 nitrogen and oxygen atoms in total. The molecule has 6 rings (SSSR count). The van der Waals surface area contributed by atoms with Gasteiger partial charge in [0.1, 0.15) is 22.6 Å². The lowest BCUT2D eigenvalue weighted by Crippen LogP contribution is -2.52. The Morgan fingerprint density at radius 1 is 1.05 bits per heavy atom. The van der Waals surface area contributed by atoms with Crippen LogP contribution in [-0.4, -0.2) is 102 Å². The molecule has 0 amide bonds. The highest BCUT2D eigenvalue weighted by Crippen LogP contribution is 2.38. The second kappa shape index (κ2) is 12.0. The molecule has 1 aromatic carbocycles. The number of aliphatic hydroxyl groups excluding tert-OH is 1. The first-order valence-electron chi connectivity index (χ1n) is 15.2. The summed E-state index contributed by atoms with van der Waals surface area (Å²) < 4.78 is 5.93. The molecule has 2 aliphatic heterocycles. The third kappa shape index (κ3) is 5.78. The van der Waals surface area contributed by atoms with Gasteiger partial charge in [0.25, 0.3) is 0 Å². The van der Waals surface area contributed by atoms with Crippen molar-refractivity contribution in [1.29, 1.82) is 0 Å². The molecule has 4 heterocycles. The Balaban J connectivity index is 1.24. The summed E-state index contributed by atoms with van der Waals surface area (Å²) in [6.07, 6.45) is 6.36. The zero-order valence-corrected chi connectivity index (χ0v) is 24.6. The zero-order chi connectivity index (χ0) is 28.5. The fourth-order valence-corrected chi connectivity index (χ4v) is 6.57. The number of piperazine rings is 1. The number of aliphatic hydroxyl groups is 1. The van der Waals surface area contributed by atoms with Gasteiger partial charge in [-0.1, -0.05) is 13.0 Å². The van der Waals surface area contributed by atoms with Crippen molar-refractivity contribution in [2.75, 3.05) is 75.9 Å². The van der Waals surface area contributed by atoms with Crippen LogP contribution in [0.15, 0.2) is 24.4 Å². The number of hydrogen-bond donors (Lipinski definition) is 3. The van der Waals surface area contributed by atoms with Crippen molar-refractivity contribution >= 4 is 28.4 Å². The number of piperidine rings is 1. The van der Waals surface area contributed by atoms with Crippen LogP contribution >= 0.6 is 0 Å². The van der Waals surface area contributed by atoms with Crippen LogP contribution in [-0.2, 0) is 6.42 Å². The molecule has 0 spiro atoms. The van der Waals surface area contributed by atoms with Crippen LogP contribution < -0.4 is 20.7 Å². The number of methoxy groups -OCH3 is 1. The fraction of sp³-hybridized carbons (Fsp3) is 0.581. The van der Waals surface area contributed by atoms with Gasteiger partial charge in [-0.3, -0.25) is 4.90 Å². The molecule has 220 valence electrons. The van der Waals surface area contributed by atoms with Crippen LogP contribution in [0.1, 0.15) is 38.3 Å². The fourth-order valence-electron chi connectivity index (χ4n) is 6.57. The average Bonchev–Trinajstić information content (AvgIpc) is 2.99. The maximum absolute atomic E-state index is 9.68. The van der Waals surface area contributed by atoms with Crippen molar-refractivity contribution in [3.05, 3.63) is 30.1 Å². The van der Waals surface area contributed by atoms with Crippen molar-refractivity contribution in [2.24, 2.45) is 5.92 Å². The molecule has 3 aromatic rings. The normalized spacial score (nSPS) is 22.6. The molecule has 3 aliphatic rings. The predicted octanol–water partition coefficient (Wildman–Crippen LogP) is 3.24. The largest absolute Gasteiger partial charge is 0.495 e. The number of nitrogens with zero attached hydrogens (tertiary/aromatic N) is 6. The number of aryl methyl sites for hydroxylation is 1. The molecule has 0 bridgehead atoms. The minimum atomic E-state index is -0.172. The van der Waals surface area contributed by atoms with E-state index in [1.165, 1.54) is 25.9 Å². The number of nitrogens with two attached hydrogens (primary N) is 1. The highest BCUT2D eigenvalue weighted by molar-refractivity contribution is 5.97. The Bertz CT molecular complexity index is 1360. The maximum Gasteiger partial charge on any atom is 0.151 e. The molecule has 3 fully saturated rings. The van der Waals surface area contributed by atoms with Crippen LogP contribution in [0.3, 0.4) is 0 Å². The van der Waals surface area contributed by atoms with Gasteiger partial charge in [-0.15, -0.1) is 0 Å². The number of aromatic nitrogens is 3. The molecule has 0 unspecified atom stereocenters. The van der Waals surface area contributed by atoms with E-state index in [1.54, 1.807) is 13.3 Å². The molecule has 4 N–H and O–H groups in total. The summed E-state index contributed by atoms with van der Waals surface area (Å²) in [6.45, 7) is 9.56. The number of pyridine rings is 1. The molecule has 0 radical (unpaired) electrons. The first kappa shape index (κ1) is 27.9. The number of likely N-dealkylation sites (N-methyl/N-ethyl adjacent to an activating group) is 1. The summed E-state index contributed by atoms with van der Waals surface area (Å²) in [7, 11) is 3.96. The van der Waals surface area contributed by atoms with Gasteiger partial charge in [-0.25, -0.2) is 15.0 Å². The number of benzene rings is 1. The van der Waals surface area contributed by atoms with Gasteiger partial charge < -0.3 is 30.7 Å². The highest BCUT2D eigenvalue weighted by atomic mass is 16.5. The minimum absolute atomic E-state index is 0.172. The number of ether oxygens (including phenoxy) is 1. The molecule has 0 atom stereocenters. The minimum Gasteiger partial charge on any atom is -0.495 e. The Morgan fingerprint density at radius 3 is 2.49 bits per heavy atom. The number of nitrogens with one attached hydrogen (secondary N) is 1. The van der Waals surface area contributed by atoms with Crippen LogP contribution in [0, 0.1) is 5.92 Å². The zero-order valence-electron chi connectivity index (χ0n) is 24.6. The summed E-state index contributed by atoms with van der Waals surface area (Å²) in [5, 5.41) is 13.2. The molecular formula is C31H44N8O2. The van der Waals surface area contributed by atoms with Gasteiger partial charge in [0.15, 0.2) is 5.82 Å². The molecule has 2 saturated heterocycles. The lowest BCUT2D eigenvalue weighted by molar-refractivity contribution is 0.0486. The second-order valence-electron chi connectivity index (χ2n) is 11.9. The van der Waals surface area contributed by atoms with Gasteiger partial charge in [0.05, 0.1) is 24.6 Å². The number of nitrogen functional groups attached to an aromatic ring is 1. The van der Waals surface area contributed by atoms with Crippen LogP contribution in [0.4, 0.5) is 17.3 Å². The van der Waals surface area contributed by atoms with E-state index >= 15 is 0 Å². The Labute approximate surface area is 242 Å². The summed E-state index contributed by atoms with van der Waals surface area (Å²) in [5.74, 6) is 2.47. The molecule has 1 saturated carbocycles. The summed E-state index contributed by atoms with van der Waals surface area (Å²) in [5.41, 5.74) is 11.5. The number of hydrogen-bond acceptors (Lipinski definition) is 10. The molecule has 41 heavy (non-hydrogen) atoms. The van der Waals surface area contributed by atoms with Gasteiger partial charge in [0, 0.05) is 63.6 Å². The highest BCUT2D eigenvalue weighted by Gasteiger charge is 2.29. The SMILES string of the molecule is CCc1nc2c(N)ncc(-c3ccc(N4CCC(N5CCN(C)CC5)CC4)c(OC)c3)c2nc1NCC1CC(O)C1. The maximum atomic E-state index is 9.68. The molecule has 1 aliphatic carbocycles. The summed E-state index contributed by atoms with van der Waals surface area (Å²) >= 11 is 0. The standard InChI is InChI=1S/C31H44N8O2/c1-4-25-31(34-18-20-15-23(40)16-20)36-28-24(19-33-30(32)29(28)35-25)21-5-6-26(27(17-21)41-3)39-9-7-22(8-10-39)38-13-11-37(2)12-14-38/h5-6,17,19-20,22-23,40H,4,7-16,18H2,1-3H3,(H2,32,33)(H,34,36). The third-order valence-electron chi connectivity index (χ3n) is 9.25. The van der Waals surface area contributed by atoms with Crippen LogP contribution in [0.5, 0.6) is 5.75 Å². The Hall–Kier alpha value is -3.21. The van der Waals surface area contributed by atoms with Crippen LogP contribution in [0.2, 0.25) is 0 Å². The van der Waals surface area contributed by atoms with Crippen molar-refractivity contribution in [1.82, 2.24) is 24.8 Å². The van der Waals surface area contributed by atoms with E-state index in [1.807, 2.05) is 0 Å². The quantitative estimate of drug-likeness (QED) is 0.379. The lowest BCUT2D eigenvalue weighted by Gasteiger charge is -2.42. The molecular weight excluding hydrogens is 516 g/mol. The van der Waals surface area contributed by atoms with E-state index in [4.69, 9.17) is 20.4 Å². The number of anilines is 3. The predicted molar refractivity (Wildman–Crippen MR) is 165 cm³/mol. The lowest BCUT2D eigenvalue weighted by atomic mass is 9.82. The first-order valence-corrected chi connectivity index (χ1v) is 15.2. The molecule has 2 aromatic heterocycles. The Morgan fingerprint density at radius 2 is 1.80 bits per heavy atom. The van der Waals surface area contributed by atoms with Crippen molar-refractivity contribution < 1.29 is 9.84 Å². The summed E-state index contributed by atoms with van der Waals surface area (Å²) in [4.78, 5) is 22.0. The van der Waals surface area contributed by atoms with E-state index < -0.39 is 0 Å². The smallest absolute Gasteiger partial charge is 0.151 e. The third-order valence-corrected chi connectivity index (χ3v) is 9.25. The average molecular weight is 561 g/mol. The number of fused-ring (bicyclic) bond motifs is 1. The number of rotatable bonds is 8. The Kier molecular flexibility index (Phi) is 8.14. The van der Waals surface area contributed by atoms with Crippen molar-refractivity contribution in [3.63, 3.8) is 0 Å². The van der Waals surface area contributed by atoms with Crippen molar-refractivity contribution in [3.8, 4) is 16.9 Å². The van der Waals surface area contributed by atoms with E-state index in [9.17, 15) is 5.11 Å². The van der Waals surface area contributed by atoms with E-state index in [0.29, 0.717) is 23.3 Å². The first-order chi connectivity index (χ1) is 19.9. The molecule has 10 heteroatoms. The van der Waals surface area contributed by atoms with Gasteiger partial charge >= 0.3 is 0 Å². The van der Waals surface area contributed by atoms with Crippen LogP contribution in [0.25, 0.3) is 22.2 Å². The topological polar surface area (TPSA) is 116 Å². The van der Waals surface area contributed by atoms with Gasteiger partial charge in [-0.2, -0.15) is 0 Å². The van der Waals surface area contributed by atoms with Crippen molar-refractivity contribution in [2.45, 2.75) is 51.2 Å². The second-order valence-corrected chi connectivity index (χ2v) is 11.9. The van der Waals surface area contributed by atoms with Gasteiger partial charge in [0.2, 0.25) is 0 Å².